The minimum atomic E-state index is -3.25. The van der Waals surface area contributed by atoms with Crippen molar-refractivity contribution in [1.82, 2.24) is 4.57 Å². The van der Waals surface area contributed by atoms with Gasteiger partial charge in [0, 0.05) is 18.7 Å². The molecule has 5 nitrogen and oxygen atoms in total. The van der Waals surface area contributed by atoms with E-state index in [2.05, 4.69) is 41.8 Å². The van der Waals surface area contributed by atoms with Crippen LogP contribution in [0.15, 0.2) is 47.5 Å². The topological polar surface area (TPSA) is 68.5 Å². The number of hydrogen-bond donors (Lipinski definition) is 0. The van der Waals surface area contributed by atoms with Crippen molar-refractivity contribution in [3.8, 4) is 0 Å². The number of nitrogens with zero attached hydrogens (tertiary/aromatic N) is 2. The fourth-order valence-corrected chi connectivity index (χ4v) is 6.42. The zero-order valence-corrected chi connectivity index (χ0v) is 20.6. The van der Waals surface area contributed by atoms with Gasteiger partial charge in [0.25, 0.3) is 0 Å². The van der Waals surface area contributed by atoms with Gasteiger partial charge in [0.2, 0.25) is 5.91 Å². The predicted octanol–water partition coefficient (Wildman–Crippen LogP) is 4.51. The molecule has 3 rings (SSSR count). The largest absolute Gasteiger partial charge is 0.315 e. The van der Waals surface area contributed by atoms with E-state index >= 15 is 0 Å². The molecule has 0 spiro atoms. The molecule has 1 aromatic heterocycles. The standard InChI is InChI=1S/C23H28N2O3S3/c1-17-14-18(2)22-20(15-17)25(11-12-29-3)23(30-22)24-21(26)10-7-13-31(27,28)16-19-8-5-4-6-9-19/h4-6,8-9,14-15H,7,10-13,16H2,1-3H3. The molecule has 3 aromatic rings. The Hall–Kier alpha value is -1.90. The van der Waals surface area contributed by atoms with E-state index in [4.69, 9.17) is 0 Å². The summed E-state index contributed by atoms with van der Waals surface area (Å²) < 4.78 is 28.0. The number of sulfone groups is 1. The highest BCUT2D eigenvalue weighted by molar-refractivity contribution is 7.98. The molecule has 0 saturated heterocycles. The fourth-order valence-electron chi connectivity index (χ4n) is 3.50. The SMILES string of the molecule is CSCCn1c(=NC(=O)CCCS(=O)(=O)Cc2ccccc2)sc2c(C)cc(C)cc21. The molecule has 1 amide bonds. The molecule has 0 bridgehead atoms. The van der Waals surface area contributed by atoms with Crippen LogP contribution < -0.4 is 4.80 Å². The lowest BCUT2D eigenvalue weighted by Gasteiger charge is -2.06. The van der Waals surface area contributed by atoms with Gasteiger partial charge in [-0.25, -0.2) is 8.42 Å². The molecule has 0 saturated carbocycles. The molecule has 0 radical (unpaired) electrons. The Balaban J connectivity index is 1.73. The number of carbonyl (C=O) groups excluding carboxylic acids is 1. The number of benzene rings is 2. The first-order valence-corrected chi connectivity index (χ1v) is 14.2. The molecule has 0 unspecified atom stereocenters. The van der Waals surface area contributed by atoms with Gasteiger partial charge in [-0.1, -0.05) is 47.7 Å². The van der Waals surface area contributed by atoms with Gasteiger partial charge >= 0.3 is 0 Å². The van der Waals surface area contributed by atoms with E-state index in [-0.39, 0.29) is 30.3 Å². The van der Waals surface area contributed by atoms with Crippen molar-refractivity contribution in [2.45, 2.75) is 39.0 Å². The van der Waals surface area contributed by atoms with Crippen LogP contribution in [0.3, 0.4) is 0 Å². The second kappa shape index (κ2) is 10.6. The second-order valence-electron chi connectivity index (χ2n) is 7.65. The summed E-state index contributed by atoms with van der Waals surface area (Å²) in [4.78, 5) is 17.6. The lowest BCUT2D eigenvalue weighted by Crippen LogP contribution is -2.18. The van der Waals surface area contributed by atoms with E-state index in [0.717, 1.165) is 28.1 Å². The number of amides is 1. The van der Waals surface area contributed by atoms with Crippen LogP contribution in [-0.4, -0.2) is 36.7 Å². The third-order valence-electron chi connectivity index (χ3n) is 4.93. The molecule has 0 atom stereocenters. The third kappa shape index (κ3) is 6.54. The third-order valence-corrected chi connectivity index (χ3v) is 8.43. The van der Waals surface area contributed by atoms with Crippen molar-refractivity contribution < 1.29 is 13.2 Å². The van der Waals surface area contributed by atoms with E-state index in [0.29, 0.717) is 4.80 Å². The van der Waals surface area contributed by atoms with Gasteiger partial charge in [-0.2, -0.15) is 16.8 Å². The highest BCUT2D eigenvalue weighted by Crippen LogP contribution is 2.23. The summed E-state index contributed by atoms with van der Waals surface area (Å²) in [5.41, 5.74) is 4.24. The van der Waals surface area contributed by atoms with Crippen molar-refractivity contribution in [3.05, 3.63) is 64.0 Å². The van der Waals surface area contributed by atoms with Gasteiger partial charge in [0.05, 0.1) is 21.7 Å². The van der Waals surface area contributed by atoms with Crippen LogP contribution in [0, 0.1) is 13.8 Å². The molecule has 31 heavy (non-hydrogen) atoms. The molecule has 2 aromatic carbocycles. The monoisotopic (exact) mass is 476 g/mol. The van der Waals surface area contributed by atoms with Crippen molar-refractivity contribution in [2.75, 3.05) is 17.8 Å². The zero-order chi connectivity index (χ0) is 22.4. The lowest BCUT2D eigenvalue weighted by atomic mass is 10.1. The maximum atomic E-state index is 12.5. The summed E-state index contributed by atoms with van der Waals surface area (Å²) in [6, 6.07) is 13.4. The van der Waals surface area contributed by atoms with Crippen molar-refractivity contribution >= 4 is 49.1 Å². The Morgan fingerprint density at radius 3 is 2.61 bits per heavy atom. The number of aromatic nitrogens is 1. The molecule has 8 heteroatoms. The van der Waals surface area contributed by atoms with Crippen LogP contribution in [0.2, 0.25) is 0 Å². The molecule has 0 aliphatic carbocycles. The summed E-state index contributed by atoms with van der Waals surface area (Å²) in [5, 5.41) is 0. The average Bonchev–Trinajstić information content (AvgIpc) is 3.03. The van der Waals surface area contributed by atoms with Gasteiger partial charge in [-0.15, -0.1) is 0 Å². The number of thiazole rings is 1. The summed E-state index contributed by atoms with van der Waals surface area (Å²) in [5.74, 6) is 0.648. The normalized spacial score (nSPS) is 12.5. The van der Waals surface area contributed by atoms with Crippen LogP contribution in [-0.2, 0) is 26.9 Å². The quantitative estimate of drug-likeness (QED) is 0.456. The number of aryl methyl sites for hydroxylation is 3. The number of hydrogen-bond acceptors (Lipinski definition) is 5. The van der Waals surface area contributed by atoms with Gasteiger partial charge in [0.1, 0.15) is 0 Å². The second-order valence-corrected chi connectivity index (χ2v) is 11.8. The number of thioether (sulfide) groups is 1. The molecule has 1 heterocycles. The Labute approximate surface area is 192 Å². The highest BCUT2D eigenvalue weighted by atomic mass is 32.2. The number of fused-ring (bicyclic) bond motifs is 1. The van der Waals surface area contributed by atoms with E-state index in [9.17, 15) is 13.2 Å². The average molecular weight is 477 g/mol. The summed E-state index contributed by atoms with van der Waals surface area (Å²) in [6.07, 6.45) is 2.47. The Bertz CT molecular complexity index is 1230. The number of carbonyl (C=O) groups is 1. The van der Waals surface area contributed by atoms with Crippen LogP contribution in [0.1, 0.15) is 29.5 Å². The fraction of sp³-hybridized carbons (Fsp3) is 0.391. The van der Waals surface area contributed by atoms with Crippen molar-refractivity contribution in [1.29, 1.82) is 0 Å². The number of rotatable bonds is 9. The first kappa shape index (κ1) is 23.8. The molecule has 0 fully saturated rings. The van der Waals surface area contributed by atoms with Gasteiger partial charge in [-0.3, -0.25) is 4.79 Å². The van der Waals surface area contributed by atoms with Crippen molar-refractivity contribution in [2.24, 2.45) is 4.99 Å². The first-order chi connectivity index (χ1) is 14.8. The smallest absolute Gasteiger partial charge is 0.248 e. The molecule has 0 aliphatic heterocycles. The molecule has 0 N–H and O–H groups in total. The summed E-state index contributed by atoms with van der Waals surface area (Å²) >= 11 is 3.28. The Morgan fingerprint density at radius 1 is 1.16 bits per heavy atom. The summed E-state index contributed by atoms with van der Waals surface area (Å²) in [6.45, 7) is 4.93. The zero-order valence-electron chi connectivity index (χ0n) is 18.1. The van der Waals surface area contributed by atoms with Gasteiger partial charge in [-0.05, 0) is 49.3 Å². The Morgan fingerprint density at radius 2 is 1.90 bits per heavy atom. The first-order valence-electron chi connectivity index (χ1n) is 10.2. The van der Waals surface area contributed by atoms with Gasteiger partial charge < -0.3 is 4.57 Å². The van der Waals surface area contributed by atoms with Crippen LogP contribution in [0.25, 0.3) is 10.2 Å². The molecule has 0 aliphatic rings. The van der Waals surface area contributed by atoms with Crippen LogP contribution >= 0.6 is 23.1 Å². The highest BCUT2D eigenvalue weighted by Gasteiger charge is 2.14. The summed E-state index contributed by atoms with van der Waals surface area (Å²) in [7, 11) is -3.25. The molecular weight excluding hydrogens is 448 g/mol. The van der Waals surface area contributed by atoms with Gasteiger partial charge in [0.15, 0.2) is 14.6 Å². The minimum Gasteiger partial charge on any atom is -0.315 e. The maximum absolute atomic E-state index is 12.5. The predicted molar refractivity (Wildman–Crippen MR) is 131 cm³/mol. The van der Waals surface area contributed by atoms with E-state index in [1.165, 1.54) is 22.5 Å². The van der Waals surface area contributed by atoms with Crippen LogP contribution in [0.4, 0.5) is 0 Å². The molecule has 166 valence electrons. The van der Waals surface area contributed by atoms with E-state index in [1.54, 1.807) is 23.9 Å². The lowest BCUT2D eigenvalue weighted by molar-refractivity contribution is -0.118. The molecular formula is C23H28N2O3S3. The van der Waals surface area contributed by atoms with Crippen LogP contribution in [0.5, 0.6) is 0 Å². The maximum Gasteiger partial charge on any atom is 0.248 e. The Kier molecular flexibility index (Phi) is 8.13. The minimum absolute atomic E-state index is 0.00278. The van der Waals surface area contributed by atoms with E-state index in [1.807, 2.05) is 18.2 Å². The van der Waals surface area contributed by atoms with E-state index < -0.39 is 9.84 Å². The van der Waals surface area contributed by atoms with Crippen molar-refractivity contribution in [3.63, 3.8) is 0 Å².